The van der Waals surface area contributed by atoms with Gasteiger partial charge < -0.3 is 15.4 Å². The smallest absolute Gasteiger partial charge is 0.191 e. The predicted octanol–water partition coefficient (Wildman–Crippen LogP) is 3.83. The van der Waals surface area contributed by atoms with Crippen LogP contribution in [0.3, 0.4) is 0 Å². The van der Waals surface area contributed by atoms with Crippen LogP contribution in [-0.2, 0) is 13.0 Å². The Balaban J connectivity index is 1.47. The Morgan fingerprint density at radius 2 is 2.07 bits per heavy atom. The number of aliphatic imine (C=N–C) groups is 1. The van der Waals surface area contributed by atoms with E-state index in [4.69, 9.17) is 9.73 Å². The first kappa shape index (κ1) is 21.7. The minimum absolute atomic E-state index is 0.492. The highest BCUT2D eigenvalue weighted by molar-refractivity contribution is 7.07. The third-order valence-electron chi connectivity index (χ3n) is 5.40. The van der Waals surface area contributed by atoms with Gasteiger partial charge in [0.15, 0.2) is 5.96 Å². The van der Waals surface area contributed by atoms with Crippen LogP contribution in [0, 0.1) is 6.92 Å². The zero-order valence-corrected chi connectivity index (χ0v) is 18.7. The maximum atomic E-state index is 5.43. The van der Waals surface area contributed by atoms with Crippen LogP contribution < -0.4 is 15.4 Å². The molecular weight excluding hydrogens is 380 g/mol. The van der Waals surface area contributed by atoms with Crippen LogP contribution >= 0.6 is 11.3 Å². The van der Waals surface area contributed by atoms with Gasteiger partial charge in [-0.15, -0.1) is 0 Å². The molecule has 0 spiro atoms. The summed E-state index contributed by atoms with van der Waals surface area (Å²) in [6.07, 6.45) is 3.22. The molecule has 29 heavy (non-hydrogen) atoms. The standard InChI is InChI=1S/C23H34N4OS/c1-4-24-23(25-11-7-19-6-5-18(2)22(15-19)28-3)26-21-8-12-27(13-9-21)16-20-10-14-29-17-20/h5-6,10,14-15,17,21H,4,7-9,11-13,16H2,1-3H3,(H2,24,25,26). The zero-order chi connectivity index (χ0) is 20.5. The average molecular weight is 415 g/mol. The molecule has 5 nitrogen and oxygen atoms in total. The molecule has 2 N–H and O–H groups in total. The molecule has 1 aromatic heterocycles. The van der Waals surface area contributed by atoms with Crippen molar-refractivity contribution >= 4 is 17.3 Å². The summed E-state index contributed by atoms with van der Waals surface area (Å²) in [6, 6.07) is 9.12. The number of aryl methyl sites for hydroxylation is 1. The van der Waals surface area contributed by atoms with Crippen LogP contribution in [0.5, 0.6) is 5.75 Å². The Bertz CT molecular complexity index is 767. The summed E-state index contributed by atoms with van der Waals surface area (Å²) in [7, 11) is 1.73. The highest BCUT2D eigenvalue weighted by atomic mass is 32.1. The van der Waals surface area contributed by atoms with Crippen molar-refractivity contribution in [3.05, 3.63) is 51.7 Å². The van der Waals surface area contributed by atoms with Crippen molar-refractivity contribution in [2.75, 3.05) is 33.3 Å². The van der Waals surface area contributed by atoms with E-state index in [1.54, 1.807) is 18.4 Å². The highest BCUT2D eigenvalue weighted by Gasteiger charge is 2.20. The van der Waals surface area contributed by atoms with Crippen LogP contribution in [-0.4, -0.2) is 50.2 Å². The lowest BCUT2D eigenvalue weighted by Gasteiger charge is -2.33. The molecule has 0 bridgehead atoms. The number of benzene rings is 1. The van der Waals surface area contributed by atoms with Gasteiger partial charge in [0.1, 0.15) is 5.75 Å². The molecule has 0 aliphatic carbocycles. The van der Waals surface area contributed by atoms with Crippen molar-refractivity contribution in [2.24, 2.45) is 4.99 Å². The number of rotatable bonds is 8. The molecule has 1 aliphatic heterocycles. The van der Waals surface area contributed by atoms with Crippen molar-refractivity contribution in [3.8, 4) is 5.75 Å². The number of thiophene rings is 1. The van der Waals surface area contributed by atoms with Crippen LogP contribution in [0.25, 0.3) is 0 Å². The lowest BCUT2D eigenvalue weighted by atomic mass is 10.0. The fraction of sp³-hybridized carbons (Fsp3) is 0.522. The SMILES string of the molecule is CCNC(=NCCc1ccc(C)c(OC)c1)NC1CCN(Cc2ccsc2)CC1. The summed E-state index contributed by atoms with van der Waals surface area (Å²) in [5, 5.41) is 11.5. The van der Waals surface area contributed by atoms with Gasteiger partial charge in [0.2, 0.25) is 0 Å². The third-order valence-corrected chi connectivity index (χ3v) is 6.13. The molecular formula is C23H34N4OS. The molecule has 0 saturated carbocycles. The topological polar surface area (TPSA) is 48.9 Å². The molecule has 6 heteroatoms. The summed E-state index contributed by atoms with van der Waals surface area (Å²) in [6.45, 7) is 9.17. The summed E-state index contributed by atoms with van der Waals surface area (Å²) in [5.41, 5.74) is 3.86. The Labute approximate surface area is 179 Å². The maximum Gasteiger partial charge on any atom is 0.191 e. The fourth-order valence-electron chi connectivity index (χ4n) is 3.71. The Morgan fingerprint density at radius 1 is 1.24 bits per heavy atom. The largest absolute Gasteiger partial charge is 0.496 e. The van der Waals surface area contributed by atoms with Crippen LogP contribution in [0.1, 0.15) is 36.5 Å². The van der Waals surface area contributed by atoms with Crippen molar-refractivity contribution in [1.82, 2.24) is 15.5 Å². The van der Waals surface area contributed by atoms with Gasteiger partial charge in [-0.25, -0.2) is 0 Å². The minimum Gasteiger partial charge on any atom is -0.496 e. The lowest BCUT2D eigenvalue weighted by Crippen LogP contribution is -2.48. The Morgan fingerprint density at radius 3 is 2.76 bits per heavy atom. The number of hydrogen-bond acceptors (Lipinski definition) is 4. The van der Waals surface area contributed by atoms with Crippen molar-refractivity contribution in [2.45, 2.75) is 45.7 Å². The summed E-state index contributed by atoms with van der Waals surface area (Å²) < 4.78 is 5.43. The zero-order valence-electron chi connectivity index (χ0n) is 17.9. The van der Waals surface area contributed by atoms with E-state index >= 15 is 0 Å². The molecule has 1 fully saturated rings. The monoisotopic (exact) mass is 414 g/mol. The molecule has 3 rings (SSSR count). The van der Waals surface area contributed by atoms with Crippen molar-refractivity contribution in [1.29, 1.82) is 0 Å². The Kier molecular flexibility index (Phi) is 8.38. The lowest BCUT2D eigenvalue weighted by molar-refractivity contribution is 0.198. The van der Waals surface area contributed by atoms with E-state index in [1.165, 1.54) is 16.7 Å². The second kappa shape index (κ2) is 11.2. The van der Waals surface area contributed by atoms with Gasteiger partial charge in [0.05, 0.1) is 7.11 Å². The number of guanidine groups is 1. The fourth-order valence-corrected chi connectivity index (χ4v) is 4.37. The first-order valence-corrected chi connectivity index (χ1v) is 11.5. The van der Waals surface area contributed by atoms with Gasteiger partial charge in [0, 0.05) is 38.8 Å². The van der Waals surface area contributed by atoms with Gasteiger partial charge in [-0.3, -0.25) is 9.89 Å². The molecule has 0 atom stereocenters. The third kappa shape index (κ3) is 6.75. The molecule has 1 aromatic carbocycles. The van der Waals surface area contributed by atoms with E-state index in [-0.39, 0.29) is 0 Å². The second-order valence-corrected chi connectivity index (χ2v) is 8.42. The number of methoxy groups -OCH3 is 1. The highest BCUT2D eigenvalue weighted by Crippen LogP contribution is 2.19. The average Bonchev–Trinajstić information content (AvgIpc) is 3.24. The molecule has 1 saturated heterocycles. The quantitative estimate of drug-likeness (QED) is 0.509. The summed E-state index contributed by atoms with van der Waals surface area (Å²) in [5.74, 6) is 1.88. The molecule has 1 aliphatic rings. The van der Waals surface area contributed by atoms with Gasteiger partial charge in [0.25, 0.3) is 0 Å². The predicted molar refractivity (Wildman–Crippen MR) is 123 cm³/mol. The van der Waals surface area contributed by atoms with E-state index in [9.17, 15) is 0 Å². The van der Waals surface area contributed by atoms with Gasteiger partial charge in [-0.05, 0) is 72.7 Å². The summed E-state index contributed by atoms with van der Waals surface area (Å²) in [4.78, 5) is 7.35. The van der Waals surface area contributed by atoms with E-state index in [2.05, 4.69) is 64.4 Å². The molecule has 0 radical (unpaired) electrons. The van der Waals surface area contributed by atoms with E-state index in [0.717, 1.165) is 63.7 Å². The molecule has 158 valence electrons. The molecule has 2 aromatic rings. The number of nitrogens with zero attached hydrogens (tertiary/aromatic N) is 2. The number of likely N-dealkylation sites (tertiary alicyclic amines) is 1. The first-order valence-electron chi connectivity index (χ1n) is 10.6. The van der Waals surface area contributed by atoms with E-state index in [1.807, 2.05) is 0 Å². The second-order valence-electron chi connectivity index (χ2n) is 7.64. The van der Waals surface area contributed by atoms with Crippen LogP contribution in [0.2, 0.25) is 0 Å². The number of ether oxygens (including phenoxy) is 1. The van der Waals surface area contributed by atoms with Gasteiger partial charge in [-0.2, -0.15) is 11.3 Å². The number of nitrogens with one attached hydrogen (secondary N) is 2. The van der Waals surface area contributed by atoms with Gasteiger partial charge in [-0.1, -0.05) is 12.1 Å². The molecule has 0 unspecified atom stereocenters. The minimum atomic E-state index is 0.492. The first-order chi connectivity index (χ1) is 14.2. The van der Waals surface area contributed by atoms with Crippen molar-refractivity contribution < 1.29 is 4.74 Å². The van der Waals surface area contributed by atoms with E-state index < -0.39 is 0 Å². The van der Waals surface area contributed by atoms with Crippen LogP contribution in [0.15, 0.2) is 40.0 Å². The normalized spacial score (nSPS) is 16.0. The molecule has 2 heterocycles. The number of hydrogen-bond donors (Lipinski definition) is 2. The van der Waals surface area contributed by atoms with E-state index in [0.29, 0.717) is 6.04 Å². The Hall–Kier alpha value is -2.05. The van der Waals surface area contributed by atoms with Crippen LogP contribution in [0.4, 0.5) is 0 Å². The summed E-state index contributed by atoms with van der Waals surface area (Å²) >= 11 is 1.78. The van der Waals surface area contributed by atoms with Crippen molar-refractivity contribution in [3.63, 3.8) is 0 Å². The maximum absolute atomic E-state index is 5.43. The van der Waals surface area contributed by atoms with Gasteiger partial charge >= 0.3 is 0 Å². The number of piperidine rings is 1. The molecule has 0 amide bonds.